The molecule has 9 nitrogen and oxygen atoms in total. The minimum Gasteiger partial charge on any atom is -0.482 e. The Morgan fingerprint density at radius 2 is 2.07 bits per heavy atom. The minimum atomic E-state index is -3.69. The second-order valence-corrected chi connectivity index (χ2v) is 8.47. The van der Waals surface area contributed by atoms with Crippen molar-refractivity contribution in [1.82, 2.24) is 4.72 Å². The van der Waals surface area contributed by atoms with Crippen LogP contribution in [0.15, 0.2) is 46.3 Å². The van der Waals surface area contributed by atoms with Gasteiger partial charge in [-0.15, -0.1) is 0 Å². The molecule has 2 aromatic carbocycles. The van der Waals surface area contributed by atoms with E-state index in [0.29, 0.717) is 17.0 Å². The number of nitrogens with one attached hydrogen (secondary N) is 3. The molecular weight excluding hydrogens is 420 g/mol. The zero-order valence-corrected chi connectivity index (χ0v) is 16.6. The Balaban J connectivity index is 1.56. The topological polar surface area (TPSA) is 126 Å². The van der Waals surface area contributed by atoms with Gasteiger partial charge in [-0.1, -0.05) is 23.7 Å². The Labute approximate surface area is 171 Å². The number of amides is 2. The number of amidine groups is 1. The second-order valence-electron chi connectivity index (χ2n) is 6.41. The molecule has 0 unspecified atom stereocenters. The van der Waals surface area contributed by atoms with Crippen LogP contribution in [0.3, 0.4) is 0 Å². The average molecular weight is 435 g/mol. The number of sulfonamides is 1. The lowest BCUT2D eigenvalue weighted by Gasteiger charge is -2.20. The van der Waals surface area contributed by atoms with Gasteiger partial charge in [0.15, 0.2) is 6.61 Å². The molecule has 150 valence electrons. The van der Waals surface area contributed by atoms with E-state index in [-0.39, 0.29) is 34.0 Å². The fourth-order valence-corrected chi connectivity index (χ4v) is 4.37. The predicted molar refractivity (Wildman–Crippen MR) is 107 cm³/mol. The Morgan fingerprint density at radius 1 is 1.31 bits per heavy atom. The van der Waals surface area contributed by atoms with E-state index in [1.165, 1.54) is 25.1 Å². The van der Waals surface area contributed by atoms with Gasteiger partial charge in [-0.25, -0.2) is 8.42 Å². The summed E-state index contributed by atoms with van der Waals surface area (Å²) < 4.78 is 32.0. The Bertz CT molecular complexity index is 1180. The number of ether oxygens (including phenoxy) is 1. The van der Waals surface area contributed by atoms with Crippen molar-refractivity contribution in [1.29, 1.82) is 0 Å². The van der Waals surface area contributed by atoms with E-state index in [1.54, 1.807) is 18.2 Å². The summed E-state index contributed by atoms with van der Waals surface area (Å²) >= 11 is 6.18. The molecule has 0 bridgehead atoms. The van der Waals surface area contributed by atoms with Gasteiger partial charge in [-0.3, -0.25) is 19.3 Å². The highest BCUT2D eigenvalue weighted by Gasteiger charge is 2.31. The largest absolute Gasteiger partial charge is 0.482 e. The highest BCUT2D eigenvalue weighted by Crippen LogP contribution is 2.36. The summed E-state index contributed by atoms with van der Waals surface area (Å²) in [6, 6.07) is 8.45. The van der Waals surface area contributed by atoms with Crippen molar-refractivity contribution >= 4 is 50.6 Å². The molecule has 0 aliphatic carbocycles. The first kappa shape index (κ1) is 19.2. The number of hydrogen-bond acceptors (Lipinski definition) is 6. The maximum atomic E-state index is 12.6. The van der Waals surface area contributed by atoms with Crippen LogP contribution < -0.4 is 20.1 Å². The lowest BCUT2D eigenvalue weighted by molar-refractivity contribution is -0.119. The van der Waals surface area contributed by atoms with Crippen LogP contribution in [-0.2, 0) is 19.6 Å². The maximum absolute atomic E-state index is 12.6. The van der Waals surface area contributed by atoms with Crippen LogP contribution in [0.2, 0.25) is 5.02 Å². The van der Waals surface area contributed by atoms with Crippen molar-refractivity contribution in [2.75, 3.05) is 17.2 Å². The molecule has 4 rings (SSSR count). The van der Waals surface area contributed by atoms with Crippen molar-refractivity contribution < 1.29 is 22.7 Å². The van der Waals surface area contributed by atoms with Crippen molar-refractivity contribution in [3.8, 4) is 5.75 Å². The van der Waals surface area contributed by atoms with Gasteiger partial charge in [-0.05, 0) is 25.1 Å². The molecule has 2 aliphatic heterocycles. The van der Waals surface area contributed by atoms with E-state index >= 15 is 0 Å². The van der Waals surface area contributed by atoms with E-state index in [1.807, 2.05) is 0 Å². The third-order valence-corrected chi connectivity index (χ3v) is 6.03. The molecule has 1 atom stereocenters. The molecule has 11 heteroatoms. The Hall–Kier alpha value is -3.11. The van der Waals surface area contributed by atoms with Crippen LogP contribution in [0, 0.1) is 0 Å². The molecule has 2 aromatic rings. The Kier molecular flexibility index (Phi) is 4.67. The normalized spacial score (nSPS) is 18.7. The molecule has 2 amide bonds. The lowest BCUT2D eigenvalue weighted by Crippen LogP contribution is -2.29. The maximum Gasteiger partial charge on any atom is 0.263 e. The molecule has 2 heterocycles. The van der Waals surface area contributed by atoms with E-state index in [4.69, 9.17) is 16.3 Å². The molecule has 3 N–H and O–H groups in total. The van der Waals surface area contributed by atoms with Crippen LogP contribution in [-0.4, -0.2) is 38.7 Å². The van der Waals surface area contributed by atoms with Gasteiger partial charge in [0.1, 0.15) is 17.6 Å². The van der Waals surface area contributed by atoms with Crippen molar-refractivity contribution in [2.24, 2.45) is 4.99 Å². The molecular formula is C18H15ClN4O5S. The molecule has 0 spiro atoms. The molecule has 0 aromatic heterocycles. The van der Waals surface area contributed by atoms with Gasteiger partial charge in [0.2, 0.25) is 5.91 Å². The number of carbonyl (C=O) groups is 2. The minimum absolute atomic E-state index is 0.103. The third-order valence-electron chi connectivity index (χ3n) is 4.32. The number of hydrogen-bond donors (Lipinski definition) is 3. The molecule has 0 saturated carbocycles. The summed E-state index contributed by atoms with van der Waals surface area (Å²) in [7, 11) is -3.69. The number of aliphatic imine (C=N–C) groups is 1. The smallest absolute Gasteiger partial charge is 0.263 e. The first-order valence-electron chi connectivity index (χ1n) is 8.52. The number of carbonyl (C=O) groups excluding carboxylic acids is 2. The van der Waals surface area contributed by atoms with Crippen LogP contribution in [0.25, 0.3) is 0 Å². The van der Waals surface area contributed by atoms with E-state index in [0.717, 1.165) is 0 Å². The number of benzene rings is 2. The van der Waals surface area contributed by atoms with Crippen molar-refractivity contribution in [3.05, 3.63) is 47.0 Å². The number of rotatable bonds is 3. The highest BCUT2D eigenvalue weighted by molar-refractivity contribution is 7.90. The number of nitrogens with zero attached hydrogens (tertiary/aromatic N) is 1. The first-order chi connectivity index (χ1) is 13.7. The predicted octanol–water partition coefficient (Wildman–Crippen LogP) is 1.74. The third kappa shape index (κ3) is 3.64. The number of anilines is 2. The summed E-state index contributed by atoms with van der Waals surface area (Å²) in [5.41, 5.74) is 1.10. The SMILES string of the molecule is C[C@H](N=C1NS(=O)(=O)c2ccccc21)C(=O)Nc1cc2c(cc1Cl)NC(=O)CO2. The average Bonchev–Trinajstić information content (AvgIpc) is 2.93. The first-order valence-corrected chi connectivity index (χ1v) is 10.4. The monoisotopic (exact) mass is 434 g/mol. The molecule has 29 heavy (non-hydrogen) atoms. The summed E-state index contributed by atoms with van der Waals surface area (Å²) in [5.74, 6) is -0.316. The van der Waals surface area contributed by atoms with Gasteiger partial charge in [0.25, 0.3) is 15.9 Å². The van der Waals surface area contributed by atoms with E-state index < -0.39 is 22.0 Å². The van der Waals surface area contributed by atoms with Gasteiger partial charge >= 0.3 is 0 Å². The molecule has 0 fully saturated rings. The van der Waals surface area contributed by atoms with Crippen molar-refractivity contribution in [2.45, 2.75) is 17.9 Å². The van der Waals surface area contributed by atoms with Crippen molar-refractivity contribution in [3.63, 3.8) is 0 Å². The van der Waals surface area contributed by atoms with Crippen LogP contribution >= 0.6 is 11.6 Å². The molecule has 0 saturated heterocycles. The second kappa shape index (κ2) is 7.05. The van der Waals surface area contributed by atoms with Crippen LogP contribution in [0.5, 0.6) is 5.75 Å². The highest BCUT2D eigenvalue weighted by atomic mass is 35.5. The summed E-state index contributed by atoms with van der Waals surface area (Å²) in [4.78, 5) is 28.3. The fraction of sp³-hybridized carbons (Fsp3) is 0.167. The quantitative estimate of drug-likeness (QED) is 0.678. The standard InChI is InChI=1S/C18H15ClN4O5S/c1-9(20-17-10-4-2-3-5-15(10)29(26,27)23-17)18(25)22-12-7-14-13(6-11(12)19)21-16(24)8-28-14/h2-7,9H,8H2,1H3,(H,20,23)(H,21,24)(H,22,25)/t9-/m0/s1. The summed E-state index contributed by atoms with van der Waals surface area (Å²) in [6.07, 6.45) is 0. The molecule has 0 radical (unpaired) electrons. The number of fused-ring (bicyclic) bond motifs is 2. The van der Waals surface area contributed by atoms with E-state index in [9.17, 15) is 18.0 Å². The van der Waals surface area contributed by atoms with Gasteiger partial charge in [0, 0.05) is 11.6 Å². The number of halogens is 1. The fourth-order valence-electron chi connectivity index (χ4n) is 2.92. The zero-order chi connectivity index (χ0) is 20.8. The summed E-state index contributed by atoms with van der Waals surface area (Å²) in [6.45, 7) is 1.40. The van der Waals surface area contributed by atoms with Crippen LogP contribution in [0.4, 0.5) is 11.4 Å². The summed E-state index contributed by atoms with van der Waals surface area (Å²) in [5, 5.41) is 5.47. The zero-order valence-electron chi connectivity index (χ0n) is 15.0. The van der Waals surface area contributed by atoms with Crippen LogP contribution in [0.1, 0.15) is 12.5 Å². The van der Waals surface area contributed by atoms with Gasteiger partial charge in [-0.2, -0.15) is 0 Å². The Morgan fingerprint density at radius 3 is 2.86 bits per heavy atom. The van der Waals surface area contributed by atoms with E-state index in [2.05, 4.69) is 20.3 Å². The van der Waals surface area contributed by atoms with Gasteiger partial charge in [0.05, 0.1) is 21.3 Å². The molecule has 2 aliphatic rings. The van der Waals surface area contributed by atoms with Gasteiger partial charge < -0.3 is 15.4 Å². The lowest BCUT2D eigenvalue weighted by atomic mass is 10.2.